The first-order chi connectivity index (χ1) is 9.08. The van der Waals surface area contributed by atoms with Crippen LogP contribution in [-0.2, 0) is 5.41 Å². The number of carbonyl (C=O) groups is 1. The highest BCUT2D eigenvalue weighted by Gasteiger charge is 2.38. The largest absolute Gasteiger partial charge is 0.492 e. The van der Waals surface area contributed by atoms with E-state index in [2.05, 4.69) is 13.0 Å². The summed E-state index contributed by atoms with van der Waals surface area (Å²) in [6.07, 6.45) is 1.93. The molecule has 2 aromatic rings. The first-order valence-corrected chi connectivity index (χ1v) is 6.39. The Morgan fingerprint density at radius 1 is 1.37 bits per heavy atom. The number of hydrogen-bond donors (Lipinski definition) is 0. The van der Waals surface area contributed by atoms with Crippen LogP contribution in [0.2, 0.25) is 0 Å². The third kappa shape index (κ3) is 2.05. The Balaban J connectivity index is 1.90. The number of aryl methyl sites for hydroxylation is 1. The Hall–Kier alpha value is -2.03. The molecule has 3 rings (SSSR count). The molecule has 98 valence electrons. The van der Waals surface area contributed by atoms with Gasteiger partial charge in [0.05, 0.1) is 12.9 Å². The van der Waals surface area contributed by atoms with Crippen LogP contribution in [0.15, 0.2) is 41.0 Å². The van der Waals surface area contributed by atoms with Gasteiger partial charge in [-0.15, -0.1) is 0 Å². The van der Waals surface area contributed by atoms with Crippen molar-refractivity contribution < 1.29 is 13.9 Å². The molecule has 1 aliphatic heterocycles. The second kappa shape index (κ2) is 4.26. The highest BCUT2D eigenvalue weighted by molar-refractivity contribution is 5.94. The third-order valence-electron chi connectivity index (χ3n) is 3.68. The van der Waals surface area contributed by atoms with E-state index in [-0.39, 0.29) is 11.2 Å². The lowest BCUT2D eigenvalue weighted by Crippen LogP contribution is -2.27. The minimum atomic E-state index is -0.273. The van der Waals surface area contributed by atoms with Crippen LogP contribution in [0.5, 0.6) is 5.75 Å². The number of rotatable bonds is 3. The summed E-state index contributed by atoms with van der Waals surface area (Å²) in [4.78, 5) is 12.2. The first kappa shape index (κ1) is 12.0. The molecule has 0 amide bonds. The summed E-state index contributed by atoms with van der Waals surface area (Å²) >= 11 is 0. The molecule has 1 aromatic carbocycles. The highest BCUT2D eigenvalue weighted by atomic mass is 16.5. The van der Waals surface area contributed by atoms with Crippen LogP contribution in [0.1, 0.15) is 35.0 Å². The molecule has 1 aromatic heterocycles. The molecule has 0 aliphatic carbocycles. The van der Waals surface area contributed by atoms with E-state index in [1.807, 2.05) is 19.1 Å². The van der Waals surface area contributed by atoms with Gasteiger partial charge in [-0.05, 0) is 25.1 Å². The summed E-state index contributed by atoms with van der Waals surface area (Å²) in [5, 5.41) is 0. The Labute approximate surface area is 112 Å². The molecule has 3 nitrogen and oxygen atoms in total. The summed E-state index contributed by atoms with van der Waals surface area (Å²) in [5.41, 5.74) is 2.03. The fourth-order valence-corrected chi connectivity index (χ4v) is 2.58. The van der Waals surface area contributed by atoms with Crippen molar-refractivity contribution in [3.05, 3.63) is 53.5 Å². The quantitative estimate of drug-likeness (QED) is 0.789. The minimum absolute atomic E-state index is 0.0189. The van der Waals surface area contributed by atoms with Gasteiger partial charge in [-0.3, -0.25) is 4.79 Å². The zero-order valence-corrected chi connectivity index (χ0v) is 11.1. The maximum Gasteiger partial charge on any atom is 0.198 e. The lowest BCUT2D eigenvalue weighted by atomic mass is 9.79. The number of fused-ring (bicyclic) bond motifs is 1. The summed E-state index contributed by atoms with van der Waals surface area (Å²) in [6, 6.07) is 9.56. The Morgan fingerprint density at radius 2 is 2.21 bits per heavy atom. The van der Waals surface area contributed by atoms with Gasteiger partial charge in [-0.1, -0.05) is 24.6 Å². The van der Waals surface area contributed by atoms with Crippen molar-refractivity contribution in [1.29, 1.82) is 0 Å². The van der Waals surface area contributed by atoms with Gasteiger partial charge in [0.15, 0.2) is 11.5 Å². The second-order valence-corrected chi connectivity index (χ2v) is 5.43. The number of furan rings is 1. The van der Waals surface area contributed by atoms with Crippen molar-refractivity contribution in [2.75, 3.05) is 6.61 Å². The van der Waals surface area contributed by atoms with E-state index >= 15 is 0 Å². The van der Waals surface area contributed by atoms with Crippen molar-refractivity contribution in [2.24, 2.45) is 0 Å². The molecule has 1 aliphatic rings. The number of ketones is 1. The minimum Gasteiger partial charge on any atom is -0.492 e. The molecule has 0 N–H and O–H groups in total. The SMILES string of the molecule is Cc1ccc2c(c1)[C@@](C)(CC(=O)c1ccco1)CO2. The Morgan fingerprint density at radius 3 is 2.95 bits per heavy atom. The van der Waals surface area contributed by atoms with E-state index in [0.29, 0.717) is 18.8 Å². The molecule has 2 heterocycles. The van der Waals surface area contributed by atoms with Crippen LogP contribution in [0, 0.1) is 6.92 Å². The van der Waals surface area contributed by atoms with Crippen LogP contribution in [0.4, 0.5) is 0 Å². The van der Waals surface area contributed by atoms with E-state index in [1.54, 1.807) is 12.1 Å². The second-order valence-electron chi connectivity index (χ2n) is 5.43. The molecule has 0 bridgehead atoms. The molecule has 0 spiro atoms. The highest BCUT2D eigenvalue weighted by Crippen LogP contribution is 2.41. The zero-order valence-electron chi connectivity index (χ0n) is 11.1. The molecule has 0 saturated carbocycles. The van der Waals surface area contributed by atoms with Crippen molar-refractivity contribution in [3.63, 3.8) is 0 Å². The number of hydrogen-bond acceptors (Lipinski definition) is 3. The van der Waals surface area contributed by atoms with Crippen LogP contribution >= 0.6 is 0 Å². The molecule has 0 saturated heterocycles. The lowest BCUT2D eigenvalue weighted by Gasteiger charge is -2.21. The molecule has 1 atom stereocenters. The molecule has 0 unspecified atom stereocenters. The van der Waals surface area contributed by atoms with Crippen LogP contribution in [0.25, 0.3) is 0 Å². The van der Waals surface area contributed by atoms with E-state index in [9.17, 15) is 4.79 Å². The van der Waals surface area contributed by atoms with Gasteiger partial charge < -0.3 is 9.15 Å². The average molecular weight is 256 g/mol. The summed E-state index contributed by atoms with van der Waals surface area (Å²) in [7, 11) is 0. The molecular weight excluding hydrogens is 240 g/mol. The van der Waals surface area contributed by atoms with Crippen LogP contribution < -0.4 is 4.74 Å². The van der Waals surface area contributed by atoms with Crippen LogP contribution in [0.3, 0.4) is 0 Å². The van der Waals surface area contributed by atoms with Gasteiger partial charge in [0.2, 0.25) is 0 Å². The summed E-state index contributed by atoms with van der Waals surface area (Å²) in [5.74, 6) is 1.33. The molecule has 0 radical (unpaired) electrons. The maximum absolute atomic E-state index is 12.2. The van der Waals surface area contributed by atoms with E-state index < -0.39 is 0 Å². The van der Waals surface area contributed by atoms with Gasteiger partial charge in [-0.25, -0.2) is 0 Å². The van der Waals surface area contributed by atoms with Gasteiger partial charge >= 0.3 is 0 Å². The summed E-state index contributed by atoms with van der Waals surface area (Å²) in [6.45, 7) is 4.66. The Bertz CT molecular complexity index is 613. The normalized spacial score (nSPS) is 20.9. The monoisotopic (exact) mass is 256 g/mol. The fraction of sp³-hybridized carbons (Fsp3) is 0.312. The van der Waals surface area contributed by atoms with Gasteiger partial charge in [-0.2, -0.15) is 0 Å². The van der Waals surface area contributed by atoms with Gasteiger partial charge in [0.25, 0.3) is 0 Å². The topological polar surface area (TPSA) is 39.4 Å². The molecule has 3 heteroatoms. The van der Waals surface area contributed by atoms with Crippen molar-refractivity contribution in [3.8, 4) is 5.75 Å². The zero-order chi connectivity index (χ0) is 13.5. The number of ether oxygens (including phenoxy) is 1. The van der Waals surface area contributed by atoms with E-state index in [4.69, 9.17) is 9.15 Å². The number of Topliss-reactive ketones (excluding diaryl/α,β-unsaturated/α-hetero) is 1. The van der Waals surface area contributed by atoms with Crippen molar-refractivity contribution in [2.45, 2.75) is 25.7 Å². The van der Waals surface area contributed by atoms with E-state index in [0.717, 1.165) is 11.3 Å². The third-order valence-corrected chi connectivity index (χ3v) is 3.68. The molecular formula is C16H16O3. The number of benzene rings is 1. The van der Waals surface area contributed by atoms with Gasteiger partial charge in [0.1, 0.15) is 5.75 Å². The lowest BCUT2D eigenvalue weighted by molar-refractivity contribution is 0.0916. The Kier molecular flexibility index (Phi) is 2.70. The molecule has 0 fully saturated rings. The summed E-state index contributed by atoms with van der Waals surface area (Å²) < 4.78 is 10.9. The smallest absolute Gasteiger partial charge is 0.198 e. The predicted molar refractivity (Wildman–Crippen MR) is 71.7 cm³/mol. The standard InChI is InChI=1S/C16H16O3/c1-11-5-6-14-12(8-11)16(2,10-19-14)9-13(17)15-4-3-7-18-15/h3-8H,9-10H2,1-2H3/t16-/m0/s1. The maximum atomic E-state index is 12.2. The first-order valence-electron chi connectivity index (χ1n) is 6.39. The number of carbonyl (C=O) groups excluding carboxylic acids is 1. The molecule has 19 heavy (non-hydrogen) atoms. The van der Waals surface area contributed by atoms with E-state index in [1.165, 1.54) is 11.8 Å². The van der Waals surface area contributed by atoms with Crippen molar-refractivity contribution >= 4 is 5.78 Å². The fourth-order valence-electron chi connectivity index (χ4n) is 2.58. The van der Waals surface area contributed by atoms with Crippen LogP contribution in [-0.4, -0.2) is 12.4 Å². The predicted octanol–water partition coefficient (Wildman–Crippen LogP) is 3.51. The van der Waals surface area contributed by atoms with Gasteiger partial charge in [0, 0.05) is 17.4 Å². The van der Waals surface area contributed by atoms with Crippen molar-refractivity contribution in [1.82, 2.24) is 0 Å². The average Bonchev–Trinajstić information content (AvgIpc) is 2.99.